The molecule has 1 saturated heterocycles. The van der Waals surface area contributed by atoms with Crippen molar-refractivity contribution in [2.24, 2.45) is 17.8 Å². The van der Waals surface area contributed by atoms with Crippen LogP contribution < -0.4 is 0 Å². The second-order valence-corrected chi connectivity index (χ2v) is 8.70. The van der Waals surface area contributed by atoms with Crippen LogP contribution in [0, 0.1) is 17.8 Å². The molecule has 4 atom stereocenters. The van der Waals surface area contributed by atoms with E-state index in [-0.39, 0.29) is 10.9 Å². The molecule has 0 aromatic heterocycles. The number of hydrogen-bond acceptors (Lipinski definition) is 4. The summed E-state index contributed by atoms with van der Waals surface area (Å²) >= 11 is 0. The molecule has 2 bridgehead atoms. The fraction of sp³-hybridized carbons (Fsp3) is 0.588. The second kappa shape index (κ2) is 5.31. The molecule has 0 unspecified atom stereocenters. The van der Waals surface area contributed by atoms with Gasteiger partial charge < -0.3 is 4.74 Å². The molecule has 0 amide bonds. The average Bonchev–Trinajstić information content (AvgIpc) is 3.04. The van der Waals surface area contributed by atoms with Gasteiger partial charge in [0.2, 0.25) is 10.0 Å². The number of carbonyl (C=O) groups is 1. The van der Waals surface area contributed by atoms with E-state index >= 15 is 0 Å². The first-order valence-electron chi connectivity index (χ1n) is 8.31. The SMILES string of the molecule is CCOC(=O)c1ccc(S(=O)(=O)N2C[C@@H]3[C@H]4CC[C@@H](C4)[C@@H]32)cc1. The van der Waals surface area contributed by atoms with Crippen LogP contribution in [0.4, 0.5) is 0 Å². The summed E-state index contributed by atoms with van der Waals surface area (Å²) in [6, 6.07) is 6.30. The number of ether oxygens (including phenoxy) is 1. The quantitative estimate of drug-likeness (QED) is 0.792. The van der Waals surface area contributed by atoms with Crippen molar-refractivity contribution < 1.29 is 17.9 Å². The monoisotopic (exact) mass is 335 g/mol. The predicted octanol–water partition coefficient (Wildman–Crippen LogP) is 2.28. The molecule has 3 fully saturated rings. The predicted molar refractivity (Wildman–Crippen MR) is 84.4 cm³/mol. The Morgan fingerprint density at radius 2 is 1.91 bits per heavy atom. The minimum absolute atomic E-state index is 0.212. The van der Waals surface area contributed by atoms with Crippen molar-refractivity contribution in [3.05, 3.63) is 29.8 Å². The zero-order valence-electron chi connectivity index (χ0n) is 13.1. The number of sulfonamides is 1. The molecule has 5 nitrogen and oxygen atoms in total. The molecular formula is C17H21NO4S. The number of hydrogen-bond donors (Lipinski definition) is 0. The van der Waals surface area contributed by atoms with Crippen LogP contribution in [0.1, 0.15) is 36.5 Å². The maximum atomic E-state index is 12.9. The average molecular weight is 335 g/mol. The van der Waals surface area contributed by atoms with Crippen LogP contribution in [-0.4, -0.2) is 37.9 Å². The Morgan fingerprint density at radius 3 is 2.57 bits per heavy atom. The van der Waals surface area contributed by atoms with Gasteiger partial charge in [-0.15, -0.1) is 0 Å². The van der Waals surface area contributed by atoms with Gasteiger partial charge in [0.15, 0.2) is 0 Å². The third-order valence-electron chi connectivity index (χ3n) is 5.74. The second-order valence-electron chi connectivity index (χ2n) is 6.81. The van der Waals surface area contributed by atoms with Crippen LogP contribution in [0.15, 0.2) is 29.2 Å². The number of carbonyl (C=O) groups excluding carboxylic acids is 1. The van der Waals surface area contributed by atoms with Crippen molar-refractivity contribution in [3.63, 3.8) is 0 Å². The van der Waals surface area contributed by atoms with Crippen molar-refractivity contribution in [3.8, 4) is 0 Å². The largest absolute Gasteiger partial charge is 0.462 e. The molecular weight excluding hydrogens is 314 g/mol. The maximum Gasteiger partial charge on any atom is 0.338 e. The number of rotatable bonds is 4. The molecule has 0 N–H and O–H groups in total. The first kappa shape index (κ1) is 15.1. The van der Waals surface area contributed by atoms with Crippen LogP contribution in [-0.2, 0) is 14.8 Å². The van der Waals surface area contributed by atoms with Crippen LogP contribution in [0.5, 0.6) is 0 Å². The highest BCUT2D eigenvalue weighted by Crippen LogP contribution is 2.56. The number of esters is 1. The molecule has 124 valence electrons. The normalized spacial score (nSPS) is 32.4. The first-order valence-corrected chi connectivity index (χ1v) is 9.75. The van der Waals surface area contributed by atoms with E-state index in [1.807, 2.05) is 0 Å². The van der Waals surface area contributed by atoms with Gasteiger partial charge in [-0.3, -0.25) is 0 Å². The lowest BCUT2D eigenvalue weighted by atomic mass is 9.79. The Morgan fingerprint density at radius 1 is 1.22 bits per heavy atom. The third kappa shape index (κ3) is 2.22. The van der Waals surface area contributed by atoms with Gasteiger partial charge in [0.25, 0.3) is 0 Å². The summed E-state index contributed by atoms with van der Waals surface area (Å²) in [5, 5.41) is 0. The lowest BCUT2D eigenvalue weighted by Gasteiger charge is -2.49. The standard InChI is InChI=1S/C17H21NO4S/c1-2-22-17(19)11-5-7-14(8-6-11)23(20,21)18-10-15-12-3-4-13(9-12)16(15)18/h5-8,12-13,15-16H,2-4,9-10H2,1H3/t12-,13-,15+,16-/m0/s1. The number of nitrogens with zero attached hydrogens (tertiary/aromatic N) is 1. The van der Waals surface area contributed by atoms with E-state index in [1.165, 1.54) is 43.5 Å². The molecule has 1 aliphatic heterocycles. The van der Waals surface area contributed by atoms with Crippen molar-refractivity contribution >= 4 is 16.0 Å². The molecule has 23 heavy (non-hydrogen) atoms. The van der Waals surface area contributed by atoms with Crippen molar-refractivity contribution in [1.82, 2.24) is 4.31 Å². The molecule has 1 aromatic rings. The summed E-state index contributed by atoms with van der Waals surface area (Å²) in [5.74, 6) is 1.44. The molecule has 4 rings (SSSR count). The van der Waals surface area contributed by atoms with E-state index in [0.717, 1.165) is 5.92 Å². The van der Waals surface area contributed by atoms with Gasteiger partial charge >= 0.3 is 5.97 Å². The van der Waals surface area contributed by atoms with E-state index < -0.39 is 16.0 Å². The van der Waals surface area contributed by atoms with Crippen molar-refractivity contribution in [2.45, 2.75) is 37.1 Å². The smallest absolute Gasteiger partial charge is 0.338 e. The van der Waals surface area contributed by atoms with E-state index in [4.69, 9.17) is 4.74 Å². The van der Waals surface area contributed by atoms with Gasteiger partial charge in [-0.05, 0) is 68.2 Å². The summed E-state index contributed by atoms with van der Waals surface area (Å²) in [4.78, 5) is 11.9. The van der Waals surface area contributed by atoms with Crippen LogP contribution >= 0.6 is 0 Å². The highest BCUT2D eigenvalue weighted by molar-refractivity contribution is 7.89. The zero-order chi connectivity index (χ0) is 16.2. The fourth-order valence-electron chi connectivity index (χ4n) is 4.65. The van der Waals surface area contributed by atoms with Gasteiger partial charge in [-0.25, -0.2) is 13.2 Å². The van der Waals surface area contributed by atoms with Gasteiger partial charge in [0.1, 0.15) is 0 Å². The minimum atomic E-state index is -3.45. The summed E-state index contributed by atoms with van der Waals surface area (Å²) in [6.07, 6.45) is 3.64. The Hall–Kier alpha value is -1.40. The highest BCUT2D eigenvalue weighted by Gasteiger charge is 2.59. The first-order chi connectivity index (χ1) is 11.0. The maximum absolute atomic E-state index is 12.9. The highest BCUT2D eigenvalue weighted by atomic mass is 32.2. The molecule has 0 radical (unpaired) electrons. The zero-order valence-corrected chi connectivity index (χ0v) is 14.0. The fourth-order valence-corrected chi connectivity index (χ4v) is 6.42. The Labute approximate surface area is 136 Å². The number of fused-ring (bicyclic) bond motifs is 5. The lowest BCUT2D eigenvalue weighted by molar-refractivity contribution is 0.0505. The Balaban J connectivity index is 1.54. The van der Waals surface area contributed by atoms with Crippen LogP contribution in [0.3, 0.4) is 0 Å². The molecule has 3 aliphatic rings. The molecule has 0 spiro atoms. The van der Waals surface area contributed by atoms with Gasteiger partial charge in [-0.2, -0.15) is 4.31 Å². The summed E-state index contributed by atoms with van der Waals surface area (Å²) in [5.41, 5.74) is 0.382. The van der Waals surface area contributed by atoms with E-state index in [2.05, 4.69) is 0 Å². The van der Waals surface area contributed by atoms with E-state index in [1.54, 1.807) is 11.2 Å². The molecule has 6 heteroatoms. The van der Waals surface area contributed by atoms with E-state index in [0.29, 0.717) is 30.6 Å². The van der Waals surface area contributed by atoms with Crippen LogP contribution in [0.25, 0.3) is 0 Å². The van der Waals surface area contributed by atoms with Gasteiger partial charge in [0, 0.05) is 12.6 Å². The van der Waals surface area contributed by atoms with E-state index in [9.17, 15) is 13.2 Å². The summed E-state index contributed by atoms with van der Waals surface area (Å²) < 4.78 is 32.3. The molecule has 1 heterocycles. The number of benzene rings is 1. The van der Waals surface area contributed by atoms with Gasteiger partial charge in [0.05, 0.1) is 17.1 Å². The molecule has 2 aliphatic carbocycles. The topological polar surface area (TPSA) is 63.7 Å². The summed E-state index contributed by atoms with van der Waals surface area (Å²) in [6.45, 7) is 2.71. The van der Waals surface area contributed by atoms with Gasteiger partial charge in [-0.1, -0.05) is 0 Å². The Kier molecular flexibility index (Phi) is 3.50. The van der Waals surface area contributed by atoms with Crippen molar-refractivity contribution in [1.29, 1.82) is 0 Å². The van der Waals surface area contributed by atoms with Crippen molar-refractivity contribution in [2.75, 3.05) is 13.2 Å². The Bertz CT molecular complexity index is 725. The third-order valence-corrected chi connectivity index (χ3v) is 7.61. The minimum Gasteiger partial charge on any atom is -0.462 e. The lowest BCUT2D eigenvalue weighted by Crippen LogP contribution is -2.60. The molecule has 2 saturated carbocycles. The van der Waals surface area contributed by atoms with Crippen LogP contribution in [0.2, 0.25) is 0 Å². The molecule has 1 aromatic carbocycles. The summed E-state index contributed by atoms with van der Waals surface area (Å²) in [7, 11) is -3.45.